The molecule has 3 heteroatoms. The molecule has 2 rings (SSSR count). The zero-order chi connectivity index (χ0) is 9.97. The number of ether oxygens (including phenoxy) is 1. The van der Waals surface area contributed by atoms with Gasteiger partial charge in [0.15, 0.2) is 0 Å². The summed E-state index contributed by atoms with van der Waals surface area (Å²) in [7, 11) is 0. The van der Waals surface area contributed by atoms with Gasteiger partial charge in [0, 0.05) is 6.07 Å². The molecule has 0 bridgehead atoms. The van der Waals surface area contributed by atoms with E-state index in [1.54, 1.807) is 11.3 Å². The lowest BCUT2D eigenvalue weighted by atomic mass is 10.1. The van der Waals surface area contributed by atoms with E-state index in [9.17, 15) is 0 Å². The van der Waals surface area contributed by atoms with Gasteiger partial charge < -0.3 is 4.74 Å². The van der Waals surface area contributed by atoms with Crippen molar-refractivity contribution in [3.63, 3.8) is 0 Å². The second kappa shape index (κ2) is 3.96. The van der Waals surface area contributed by atoms with Crippen LogP contribution in [0.5, 0.6) is 5.75 Å². The van der Waals surface area contributed by atoms with Crippen molar-refractivity contribution < 1.29 is 4.74 Å². The molecule has 0 N–H and O–H groups in total. The first-order valence-electron chi connectivity index (χ1n) is 4.84. The molecule has 1 heterocycles. The number of hydrogen-bond donors (Lipinski definition) is 0. The fourth-order valence-corrected chi connectivity index (χ4v) is 2.22. The number of hydrogen-bond acceptors (Lipinski definition) is 3. The Morgan fingerprint density at radius 3 is 2.93 bits per heavy atom. The maximum Gasteiger partial charge on any atom is 0.124 e. The lowest BCUT2D eigenvalue weighted by molar-refractivity contribution is 0.337. The summed E-state index contributed by atoms with van der Waals surface area (Å²) >= 11 is 1.68. The molecule has 2 nitrogen and oxygen atoms in total. The van der Waals surface area contributed by atoms with E-state index in [4.69, 9.17) is 4.74 Å². The first kappa shape index (κ1) is 9.46. The van der Waals surface area contributed by atoms with Crippen LogP contribution in [0.25, 0.3) is 10.2 Å². The topological polar surface area (TPSA) is 22.1 Å². The van der Waals surface area contributed by atoms with E-state index >= 15 is 0 Å². The van der Waals surface area contributed by atoms with Crippen molar-refractivity contribution in [2.75, 3.05) is 6.61 Å². The Bertz CT molecular complexity index is 436. The van der Waals surface area contributed by atoms with Crippen LogP contribution in [0.2, 0.25) is 0 Å². The van der Waals surface area contributed by atoms with Gasteiger partial charge >= 0.3 is 0 Å². The van der Waals surface area contributed by atoms with Crippen LogP contribution in [0.1, 0.15) is 19.4 Å². The molecular formula is C11H13NOS. The summed E-state index contributed by atoms with van der Waals surface area (Å²) in [6.45, 7) is 4.86. The van der Waals surface area contributed by atoms with Crippen LogP contribution in [0.3, 0.4) is 0 Å². The smallest absolute Gasteiger partial charge is 0.124 e. The normalized spacial score (nSPS) is 10.7. The van der Waals surface area contributed by atoms with Crippen LogP contribution in [0, 0.1) is 0 Å². The summed E-state index contributed by atoms with van der Waals surface area (Å²) < 4.78 is 6.81. The van der Waals surface area contributed by atoms with Crippen molar-refractivity contribution >= 4 is 21.6 Å². The molecule has 0 atom stereocenters. The number of aryl methyl sites for hydroxylation is 1. The van der Waals surface area contributed by atoms with E-state index in [0.29, 0.717) is 6.61 Å². The van der Waals surface area contributed by atoms with Crippen molar-refractivity contribution in [2.24, 2.45) is 0 Å². The summed E-state index contributed by atoms with van der Waals surface area (Å²) in [5, 5.41) is 0. The number of nitrogens with zero attached hydrogens (tertiary/aromatic N) is 1. The molecule has 1 aromatic heterocycles. The van der Waals surface area contributed by atoms with E-state index in [2.05, 4.69) is 18.0 Å². The monoisotopic (exact) mass is 207 g/mol. The van der Waals surface area contributed by atoms with Crippen molar-refractivity contribution in [1.29, 1.82) is 0 Å². The second-order valence-corrected chi connectivity index (χ2v) is 3.95. The highest BCUT2D eigenvalue weighted by molar-refractivity contribution is 7.16. The zero-order valence-corrected chi connectivity index (χ0v) is 9.23. The highest BCUT2D eigenvalue weighted by Crippen LogP contribution is 2.28. The summed E-state index contributed by atoms with van der Waals surface area (Å²) in [5.41, 5.74) is 4.18. The van der Waals surface area contributed by atoms with Gasteiger partial charge in [0.1, 0.15) is 5.75 Å². The van der Waals surface area contributed by atoms with Crippen molar-refractivity contribution in [3.8, 4) is 5.75 Å². The highest BCUT2D eigenvalue weighted by atomic mass is 32.1. The van der Waals surface area contributed by atoms with Gasteiger partial charge in [0.05, 0.1) is 22.3 Å². The van der Waals surface area contributed by atoms with Crippen LogP contribution in [0.4, 0.5) is 0 Å². The maximum absolute atomic E-state index is 5.57. The van der Waals surface area contributed by atoms with E-state index in [0.717, 1.165) is 17.7 Å². The Balaban J connectivity index is 2.54. The molecule has 0 saturated carbocycles. The van der Waals surface area contributed by atoms with Crippen LogP contribution in [-0.4, -0.2) is 11.6 Å². The standard InChI is InChI=1S/C11H13NOS/c1-3-8-5-11-9(12-7-14-11)6-10(8)13-4-2/h5-7H,3-4H2,1-2H3. The lowest BCUT2D eigenvalue weighted by Gasteiger charge is -2.08. The van der Waals surface area contributed by atoms with Crippen molar-refractivity contribution in [1.82, 2.24) is 4.98 Å². The van der Waals surface area contributed by atoms with Crippen LogP contribution in [0.15, 0.2) is 17.6 Å². The molecule has 0 amide bonds. The number of aromatic nitrogens is 1. The summed E-state index contributed by atoms with van der Waals surface area (Å²) in [4.78, 5) is 4.28. The van der Waals surface area contributed by atoms with Crippen molar-refractivity contribution in [3.05, 3.63) is 23.2 Å². The highest BCUT2D eigenvalue weighted by Gasteiger charge is 2.05. The third kappa shape index (κ3) is 1.60. The summed E-state index contributed by atoms with van der Waals surface area (Å²) in [6.07, 6.45) is 1.00. The minimum Gasteiger partial charge on any atom is -0.494 e. The Morgan fingerprint density at radius 1 is 1.36 bits per heavy atom. The average molecular weight is 207 g/mol. The van der Waals surface area contributed by atoms with Gasteiger partial charge in [-0.05, 0) is 25.0 Å². The van der Waals surface area contributed by atoms with Gasteiger partial charge in [-0.15, -0.1) is 11.3 Å². The Labute approximate surface area is 87.5 Å². The third-order valence-electron chi connectivity index (χ3n) is 2.19. The molecule has 0 aliphatic heterocycles. The number of fused-ring (bicyclic) bond motifs is 1. The molecule has 0 aliphatic carbocycles. The lowest BCUT2D eigenvalue weighted by Crippen LogP contribution is -1.95. The predicted molar refractivity (Wildman–Crippen MR) is 60.2 cm³/mol. The molecule has 2 aromatic rings. The fourth-order valence-electron chi connectivity index (χ4n) is 1.49. The quantitative estimate of drug-likeness (QED) is 0.770. The summed E-state index contributed by atoms with van der Waals surface area (Å²) in [6, 6.07) is 4.21. The Kier molecular flexibility index (Phi) is 2.68. The first-order valence-corrected chi connectivity index (χ1v) is 5.72. The Hall–Kier alpha value is -1.09. The molecule has 0 unspecified atom stereocenters. The third-order valence-corrected chi connectivity index (χ3v) is 2.99. The second-order valence-electron chi connectivity index (χ2n) is 3.07. The van der Waals surface area contributed by atoms with Crippen LogP contribution < -0.4 is 4.74 Å². The molecular weight excluding hydrogens is 194 g/mol. The number of rotatable bonds is 3. The number of benzene rings is 1. The maximum atomic E-state index is 5.57. The van der Waals surface area contributed by atoms with Gasteiger partial charge in [0.25, 0.3) is 0 Å². The van der Waals surface area contributed by atoms with Gasteiger partial charge in [-0.2, -0.15) is 0 Å². The van der Waals surface area contributed by atoms with E-state index in [1.807, 2.05) is 18.5 Å². The Morgan fingerprint density at radius 2 is 2.21 bits per heavy atom. The molecule has 74 valence electrons. The van der Waals surface area contributed by atoms with E-state index < -0.39 is 0 Å². The SMILES string of the molecule is CCOc1cc2ncsc2cc1CC. The van der Waals surface area contributed by atoms with Crippen LogP contribution >= 0.6 is 11.3 Å². The average Bonchev–Trinajstić information content (AvgIpc) is 2.64. The molecule has 0 fully saturated rings. The summed E-state index contributed by atoms with van der Waals surface area (Å²) in [5.74, 6) is 0.980. The van der Waals surface area contributed by atoms with E-state index in [1.165, 1.54) is 10.3 Å². The van der Waals surface area contributed by atoms with Crippen LogP contribution in [-0.2, 0) is 6.42 Å². The van der Waals surface area contributed by atoms with Gasteiger partial charge in [-0.3, -0.25) is 0 Å². The largest absolute Gasteiger partial charge is 0.494 e. The minimum absolute atomic E-state index is 0.711. The first-order chi connectivity index (χ1) is 6.85. The molecule has 0 spiro atoms. The molecule has 1 aromatic carbocycles. The fraction of sp³-hybridized carbons (Fsp3) is 0.364. The van der Waals surface area contributed by atoms with Gasteiger partial charge in [0.2, 0.25) is 0 Å². The molecule has 0 saturated heterocycles. The van der Waals surface area contributed by atoms with E-state index in [-0.39, 0.29) is 0 Å². The minimum atomic E-state index is 0.711. The predicted octanol–water partition coefficient (Wildman–Crippen LogP) is 3.26. The zero-order valence-electron chi connectivity index (χ0n) is 8.41. The van der Waals surface area contributed by atoms with Gasteiger partial charge in [-0.25, -0.2) is 4.98 Å². The molecule has 14 heavy (non-hydrogen) atoms. The molecule has 0 radical (unpaired) electrons. The van der Waals surface area contributed by atoms with Crippen molar-refractivity contribution in [2.45, 2.75) is 20.3 Å². The number of thiazole rings is 1. The van der Waals surface area contributed by atoms with Gasteiger partial charge in [-0.1, -0.05) is 6.92 Å². The molecule has 0 aliphatic rings.